The lowest BCUT2D eigenvalue weighted by atomic mass is 9.91. The van der Waals surface area contributed by atoms with E-state index in [1.807, 2.05) is 36.5 Å². The Hall–Kier alpha value is -3.53. The second kappa shape index (κ2) is 8.01. The molecule has 4 aromatic rings. The topological polar surface area (TPSA) is 54.1 Å². The number of hydrogen-bond acceptors (Lipinski definition) is 2. The smallest absolute Gasteiger partial charge is 0.251 e. The zero-order chi connectivity index (χ0) is 19.3. The van der Waals surface area contributed by atoms with Gasteiger partial charge in [-0.2, -0.15) is 0 Å². The number of nitrogens with one attached hydrogen (secondary N) is 2. The van der Waals surface area contributed by atoms with Crippen LogP contribution in [-0.2, 0) is 0 Å². The highest BCUT2D eigenvalue weighted by molar-refractivity contribution is 5.94. The predicted molar refractivity (Wildman–Crippen MR) is 112 cm³/mol. The number of aromatic amines is 1. The highest BCUT2D eigenvalue weighted by Gasteiger charge is 2.19. The van der Waals surface area contributed by atoms with E-state index >= 15 is 0 Å². The number of carbonyl (C=O) groups excluding carboxylic acids is 1. The lowest BCUT2D eigenvalue weighted by Gasteiger charge is -2.18. The molecular formula is C24H22N2O2. The zero-order valence-electron chi connectivity index (χ0n) is 15.7. The van der Waals surface area contributed by atoms with Gasteiger partial charge >= 0.3 is 0 Å². The molecule has 0 bridgehead atoms. The van der Waals surface area contributed by atoms with Crippen LogP contribution in [0.2, 0.25) is 0 Å². The normalized spacial score (nSPS) is 11.9. The van der Waals surface area contributed by atoms with Gasteiger partial charge in [-0.15, -0.1) is 0 Å². The first-order chi connectivity index (χ1) is 13.8. The quantitative estimate of drug-likeness (QED) is 0.515. The van der Waals surface area contributed by atoms with Crippen molar-refractivity contribution < 1.29 is 9.53 Å². The molecule has 0 fully saturated rings. The molecule has 0 saturated heterocycles. The molecule has 0 aliphatic rings. The zero-order valence-corrected chi connectivity index (χ0v) is 15.7. The van der Waals surface area contributed by atoms with Crippen molar-refractivity contribution >= 4 is 16.8 Å². The van der Waals surface area contributed by atoms with Gasteiger partial charge < -0.3 is 15.0 Å². The van der Waals surface area contributed by atoms with Gasteiger partial charge in [0.15, 0.2) is 0 Å². The van der Waals surface area contributed by atoms with Crippen molar-refractivity contribution in [1.29, 1.82) is 0 Å². The Morgan fingerprint density at radius 1 is 0.964 bits per heavy atom. The maximum Gasteiger partial charge on any atom is 0.251 e. The van der Waals surface area contributed by atoms with Crippen LogP contribution in [0.4, 0.5) is 0 Å². The molecule has 1 heterocycles. The van der Waals surface area contributed by atoms with E-state index in [4.69, 9.17) is 4.74 Å². The number of amides is 1. The van der Waals surface area contributed by atoms with E-state index in [1.165, 1.54) is 16.5 Å². The second-order valence-corrected chi connectivity index (χ2v) is 6.69. The number of hydrogen-bond donors (Lipinski definition) is 2. The lowest BCUT2D eigenvalue weighted by molar-refractivity contribution is 0.0952. The highest BCUT2D eigenvalue weighted by Crippen LogP contribution is 2.30. The molecule has 1 amide bonds. The van der Waals surface area contributed by atoms with Crippen molar-refractivity contribution in [1.82, 2.24) is 10.3 Å². The molecule has 1 aromatic heterocycles. The molecule has 0 aliphatic carbocycles. The Morgan fingerprint density at radius 2 is 1.68 bits per heavy atom. The number of H-pyrrole nitrogens is 1. The van der Waals surface area contributed by atoms with Crippen LogP contribution in [0.25, 0.3) is 10.9 Å². The average molecular weight is 370 g/mol. The number of para-hydroxylation sites is 1. The molecule has 2 N–H and O–H groups in total. The molecule has 140 valence electrons. The van der Waals surface area contributed by atoms with Crippen LogP contribution < -0.4 is 10.1 Å². The third-order valence-corrected chi connectivity index (χ3v) is 5.02. The summed E-state index contributed by atoms with van der Waals surface area (Å²) in [6, 6.07) is 25.7. The maximum absolute atomic E-state index is 12.7. The molecule has 0 spiro atoms. The van der Waals surface area contributed by atoms with Crippen molar-refractivity contribution in [2.45, 2.75) is 5.92 Å². The molecule has 1 unspecified atom stereocenters. The maximum atomic E-state index is 12.7. The molecule has 4 nitrogen and oxygen atoms in total. The number of aromatic nitrogens is 1. The minimum Gasteiger partial charge on any atom is -0.497 e. The summed E-state index contributed by atoms with van der Waals surface area (Å²) >= 11 is 0. The van der Waals surface area contributed by atoms with Crippen LogP contribution >= 0.6 is 0 Å². The van der Waals surface area contributed by atoms with Crippen LogP contribution in [0.1, 0.15) is 27.4 Å². The van der Waals surface area contributed by atoms with E-state index in [0.29, 0.717) is 12.1 Å². The van der Waals surface area contributed by atoms with Gasteiger partial charge in [-0.1, -0.05) is 48.5 Å². The molecule has 0 aliphatic heterocycles. The molecule has 28 heavy (non-hydrogen) atoms. The Kier molecular flexibility index (Phi) is 5.11. The Labute approximate surface area is 164 Å². The molecule has 0 radical (unpaired) electrons. The standard InChI is InChI=1S/C24H22N2O2/c1-28-19-13-11-18(12-14-19)24(27)26-15-21(17-7-3-2-4-8-17)22-16-25-23-10-6-5-9-20(22)23/h2-14,16,21,25H,15H2,1H3,(H,26,27). The van der Waals surface area contributed by atoms with Crippen LogP contribution in [0.3, 0.4) is 0 Å². The summed E-state index contributed by atoms with van der Waals surface area (Å²) in [7, 11) is 1.61. The Morgan fingerprint density at radius 3 is 2.43 bits per heavy atom. The van der Waals surface area contributed by atoms with Gasteiger partial charge in [0.25, 0.3) is 5.91 Å². The van der Waals surface area contributed by atoms with Crippen LogP contribution in [0.15, 0.2) is 85.1 Å². The van der Waals surface area contributed by atoms with Crippen molar-refractivity contribution in [2.24, 2.45) is 0 Å². The molecule has 0 saturated carbocycles. The first-order valence-corrected chi connectivity index (χ1v) is 9.29. The summed E-state index contributed by atoms with van der Waals surface area (Å²) in [5.74, 6) is 0.695. The van der Waals surface area contributed by atoms with Gasteiger partial charge in [0.1, 0.15) is 5.75 Å². The number of rotatable bonds is 6. The fraction of sp³-hybridized carbons (Fsp3) is 0.125. The number of fused-ring (bicyclic) bond motifs is 1. The number of ether oxygens (including phenoxy) is 1. The Balaban J connectivity index is 1.60. The van der Waals surface area contributed by atoms with E-state index in [1.54, 1.807) is 31.4 Å². The highest BCUT2D eigenvalue weighted by atomic mass is 16.5. The first-order valence-electron chi connectivity index (χ1n) is 9.29. The number of benzene rings is 3. The van der Waals surface area contributed by atoms with Crippen molar-refractivity contribution in [3.05, 3.63) is 102 Å². The van der Waals surface area contributed by atoms with Gasteiger partial charge in [0, 0.05) is 35.1 Å². The minimum absolute atomic E-state index is 0.0551. The van der Waals surface area contributed by atoms with Gasteiger partial charge in [0.2, 0.25) is 0 Å². The summed E-state index contributed by atoms with van der Waals surface area (Å²) in [6.45, 7) is 0.511. The second-order valence-electron chi connectivity index (χ2n) is 6.69. The van der Waals surface area contributed by atoms with E-state index in [0.717, 1.165) is 11.3 Å². The molecule has 3 aromatic carbocycles. The molecule has 4 heteroatoms. The third-order valence-electron chi connectivity index (χ3n) is 5.02. The first kappa shape index (κ1) is 17.9. The lowest BCUT2D eigenvalue weighted by Crippen LogP contribution is -2.28. The van der Waals surface area contributed by atoms with Crippen molar-refractivity contribution in [3.8, 4) is 5.75 Å². The summed E-state index contributed by atoms with van der Waals surface area (Å²) in [5, 5.41) is 4.27. The van der Waals surface area contributed by atoms with Gasteiger partial charge in [-0.05, 0) is 41.5 Å². The predicted octanol–water partition coefficient (Wildman–Crippen LogP) is 4.74. The summed E-state index contributed by atoms with van der Waals surface area (Å²) in [4.78, 5) is 16.0. The number of methoxy groups -OCH3 is 1. The monoisotopic (exact) mass is 370 g/mol. The number of carbonyl (C=O) groups is 1. The van der Waals surface area contributed by atoms with Crippen molar-refractivity contribution in [3.63, 3.8) is 0 Å². The largest absolute Gasteiger partial charge is 0.497 e. The molecule has 4 rings (SSSR count). The van der Waals surface area contributed by atoms with Crippen LogP contribution in [-0.4, -0.2) is 24.5 Å². The van der Waals surface area contributed by atoms with Gasteiger partial charge in [-0.3, -0.25) is 4.79 Å². The minimum atomic E-state index is -0.0941. The SMILES string of the molecule is COc1ccc(C(=O)NCC(c2ccccc2)c2c[nH]c3ccccc23)cc1. The fourth-order valence-electron chi connectivity index (χ4n) is 3.51. The van der Waals surface area contributed by atoms with E-state index in [9.17, 15) is 4.79 Å². The van der Waals surface area contributed by atoms with E-state index < -0.39 is 0 Å². The summed E-state index contributed by atoms with van der Waals surface area (Å²) < 4.78 is 5.16. The van der Waals surface area contributed by atoms with E-state index in [2.05, 4.69) is 34.6 Å². The van der Waals surface area contributed by atoms with Crippen molar-refractivity contribution in [2.75, 3.05) is 13.7 Å². The molecular weight excluding hydrogens is 348 g/mol. The molecule has 1 atom stereocenters. The summed E-state index contributed by atoms with van der Waals surface area (Å²) in [5.41, 5.74) is 4.06. The average Bonchev–Trinajstić information content (AvgIpc) is 3.19. The van der Waals surface area contributed by atoms with Crippen LogP contribution in [0, 0.1) is 0 Å². The van der Waals surface area contributed by atoms with E-state index in [-0.39, 0.29) is 11.8 Å². The third kappa shape index (κ3) is 3.62. The fourth-order valence-corrected chi connectivity index (χ4v) is 3.51. The summed E-state index contributed by atoms with van der Waals surface area (Å²) in [6.07, 6.45) is 2.04. The van der Waals surface area contributed by atoms with Crippen LogP contribution in [0.5, 0.6) is 5.75 Å². The Bertz CT molecular complexity index is 1070. The van der Waals surface area contributed by atoms with Gasteiger partial charge in [0.05, 0.1) is 7.11 Å². The van der Waals surface area contributed by atoms with Gasteiger partial charge in [-0.25, -0.2) is 0 Å².